The molecule has 0 saturated carbocycles. The van der Waals surface area contributed by atoms with Crippen molar-refractivity contribution in [3.63, 3.8) is 0 Å². The molecular formula is C17H17FN2O4. The fourth-order valence-corrected chi connectivity index (χ4v) is 3.93. The summed E-state index contributed by atoms with van der Waals surface area (Å²) >= 11 is 0. The number of aromatic nitrogens is 1. The number of nitrogens with zero attached hydrogens (tertiary/aromatic N) is 2. The highest BCUT2D eigenvalue weighted by Gasteiger charge is 2.32. The number of aliphatic hydroxyl groups is 1. The van der Waals surface area contributed by atoms with Gasteiger partial charge in [-0.25, -0.2) is 9.18 Å². The van der Waals surface area contributed by atoms with E-state index in [1.165, 1.54) is 6.20 Å². The normalized spacial score (nSPS) is 22.5. The first-order valence-corrected chi connectivity index (χ1v) is 7.95. The standard InChI is InChI=1S/C17H17FN2O4/c1-8-4-10-14-11(16(22)12(17(23)24)7-20(8)14)5-13(18)15(10)19-3-2-9(21)6-19/h5,7-9,21H,2-4,6H2,1H3,(H,23,24)/t8?,9-/m0/s1. The molecule has 2 aliphatic rings. The average molecular weight is 332 g/mol. The number of anilines is 1. The molecule has 1 aromatic carbocycles. The lowest BCUT2D eigenvalue weighted by molar-refractivity contribution is 0.0694. The summed E-state index contributed by atoms with van der Waals surface area (Å²) in [7, 11) is 0. The fourth-order valence-electron chi connectivity index (χ4n) is 3.93. The Morgan fingerprint density at radius 3 is 2.79 bits per heavy atom. The van der Waals surface area contributed by atoms with E-state index >= 15 is 0 Å². The van der Waals surface area contributed by atoms with Gasteiger partial charge in [-0.1, -0.05) is 0 Å². The van der Waals surface area contributed by atoms with Gasteiger partial charge in [0.1, 0.15) is 11.4 Å². The molecule has 0 bridgehead atoms. The molecule has 7 heteroatoms. The van der Waals surface area contributed by atoms with Gasteiger partial charge in [0, 0.05) is 36.3 Å². The summed E-state index contributed by atoms with van der Waals surface area (Å²) in [6.07, 6.45) is 1.98. The van der Waals surface area contributed by atoms with Crippen molar-refractivity contribution >= 4 is 22.6 Å². The maximum atomic E-state index is 14.8. The molecule has 2 aromatic rings. The molecule has 6 nitrogen and oxygen atoms in total. The van der Waals surface area contributed by atoms with Crippen LogP contribution in [-0.2, 0) is 6.42 Å². The van der Waals surface area contributed by atoms with Crippen LogP contribution in [0.15, 0.2) is 17.1 Å². The zero-order valence-electron chi connectivity index (χ0n) is 13.1. The van der Waals surface area contributed by atoms with Crippen molar-refractivity contribution in [2.45, 2.75) is 31.9 Å². The molecule has 0 spiro atoms. The van der Waals surface area contributed by atoms with Crippen molar-refractivity contribution in [2.75, 3.05) is 18.0 Å². The van der Waals surface area contributed by atoms with Crippen LogP contribution in [0.1, 0.15) is 35.3 Å². The number of pyridine rings is 1. The maximum Gasteiger partial charge on any atom is 0.341 e. The molecule has 0 amide bonds. The number of aliphatic hydroxyl groups excluding tert-OH is 1. The number of hydrogen-bond acceptors (Lipinski definition) is 4. The van der Waals surface area contributed by atoms with Crippen molar-refractivity contribution in [3.05, 3.63) is 39.4 Å². The SMILES string of the molecule is CC1Cc2c(N3CC[C@H](O)C3)c(F)cc3c(=O)c(C(=O)O)cn1c23. The van der Waals surface area contributed by atoms with Crippen LogP contribution in [0.25, 0.3) is 10.9 Å². The van der Waals surface area contributed by atoms with Gasteiger partial charge >= 0.3 is 5.97 Å². The fraction of sp³-hybridized carbons (Fsp3) is 0.412. The monoisotopic (exact) mass is 332 g/mol. The van der Waals surface area contributed by atoms with Crippen molar-refractivity contribution < 1.29 is 19.4 Å². The molecule has 4 rings (SSSR count). The number of aromatic carboxylic acids is 1. The van der Waals surface area contributed by atoms with E-state index in [9.17, 15) is 24.2 Å². The molecule has 2 N–H and O–H groups in total. The van der Waals surface area contributed by atoms with Crippen molar-refractivity contribution in [1.29, 1.82) is 0 Å². The van der Waals surface area contributed by atoms with Gasteiger partial charge in [-0.3, -0.25) is 4.79 Å². The zero-order chi connectivity index (χ0) is 17.2. The summed E-state index contributed by atoms with van der Waals surface area (Å²) in [4.78, 5) is 25.6. The Bertz CT molecular complexity index is 937. The minimum Gasteiger partial charge on any atom is -0.477 e. The molecule has 1 saturated heterocycles. The quantitative estimate of drug-likeness (QED) is 0.871. The van der Waals surface area contributed by atoms with Gasteiger partial charge in [-0.05, 0) is 25.8 Å². The van der Waals surface area contributed by atoms with E-state index in [0.29, 0.717) is 37.1 Å². The second kappa shape index (κ2) is 5.04. The molecule has 3 heterocycles. The number of hydrogen-bond donors (Lipinski definition) is 2. The van der Waals surface area contributed by atoms with Crippen LogP contribution >= 0.6 is 0 Å². The van der Waals surface area contributed by atoms with Crippen LogP contribution in [0.3, 0.4) is 0 Å². The van der Waals surface area contributed by atoms with Crippen LogP contribution in [0.5, 0.6) is 0 Å². The number of halogens is 1. The molecule has 126 valence electrons. The van der Waals surface area contributed by atoms with Gasteiger partial charge in [0.2, 0.25) is 5.43 Å². The molecule has 0 aliphatic carbocycles. The van der Waals surface area contributed by atoms with Crippen LogP contribution < -0.4 is 10.3 Å². The van der Waals surface area contributed by atoms with Crippen LogP contribution in [-0.4, -0.2) is 39.9 Å². The van der Waals surface area contributed by atoms with Gasteiger partial charge in [0.15, 0.2) is 0 Å². The molecule has 1 unspecified atom stereocenters. The summed E-state index contributed by atoms with van der Waals surface area (Å²) in [5.74, 6) is -1.84. The molecule has 2 atom stereocenters. The second-order valence-electron chi connectivity index (χ2n) is 6.61. The summed E-state index contributed by atoms with van der Waals surface area (Å²) in [5.41, 5.74) is 0.762. The highest BCUT2D eigenvalue weighted by molar-refractivity contribution is 5.96. The lowest BCUT2D eigenvalue weighted by Gasteiger charge is -2.22. The third kappa shape index (κ3) is 1.97. The Kier molecular flexibility index (Phi) is 3.18. The Labute approximate surface area is 136 Å². The van der Waals surface area contributed by atoms with E-state index in [0.717, 1.165) is 11.6 Å². The molecule has 1 aromatic heterocycles. The highest BCUT2D eigenvalue weighted by atomic mass is 19.1. The minimum atomic E-state index is -1.31. The van der Waals surface area contributed by atoms with Crippen LogP contribution in [0.2, 0.25) is 0 Å². The Balaban J connectivity index is 2.04. The summed E-state index contributed by atoms with van der Waals surface area (Å²) in [6.45, 7) is 2.83. The number of carboxylic acid groups (broad SMARTS) is 1. The highest BCUT2D eigenvalue weighted by Crippen LogP contribution is 2.40. The van der Waals surface area contributed by atoms with Crippen molar-refractivity contribution in [2.24, 2.45) is 0 Å². The van der Waals surface area contributed by atoms with E-state index in [-0.39, 0.29) is 17.0 Å². The molecule has 2 aliphatic heterocycles. The molecule has 1 fully saturated rings. The van der Waals surface area contributed by atoms with Gasteiger partial charge < -0.3 is 19.7 Å². The Hall–Kier alpha value is -2.41. The van der Waals surface area contributed by atoms with Gasteiger partial charge in [-0.2, -0.15) is 0 Å². The lowest BCUT2D eigenvalue weighted by Crippen LogP contribution is -2.24. The third-order valence-electron chi connectivity index (χ3n) is 5.02. The smallest absolute Gasteiger partial charge is 0.341 e. The Morgan fingerprint density at radius 1 is 1.42 bits per heavy atom. The van der Waals surface area contributed by atoms with Crippen LogP contribution in [0.4, 0.5) is 10.1 Å². The summed E-state index contributed by atoms with van der Waals surface area (Å²) < 4.78 is 16.5. The van der Waals surface area contributed by atoms with E-state index in [1.54, 1.807) is 4.57 Å². The third-order valence-corrected chi connectivity index (χ3v) is 5.02. The first kappa shape index (κ1) is 15.1. The molecule has 0 radical (unpaired) electrons. The van der Waals surface area contributed by atoms with Gasteiger partial charge in [-0.15, -0.1) is 0 Å². The number of carboxylic acids is 1. The van der Waals surface area contributed by atoms with Gasteiger partial charge in [0.05, 0.1) is 17.3 Å². The minimum absolute atomic E-state index is 0.0609. The number of β-amino-alcohol motifs (C(OH)–C–C–N with tert-alkyl or cyclic N) is 1. The van der Waals surface area contributed by atoms with Crippen LogP contribution in [0, 0.1) is 5.82 Å². The topological polar surface area (TPSA) is 82.8 Å². The zero-order valence-corrected chi connectivity index (χ0v) is 13.1. The van der Waals surface area contributed by atoms with Gasteiger partial charge in [0.25, 0.3) is 0 Å². The van der Waals surface area contributed by atoms with E-state index in [1.807, 2.05) is 11.8 Å². The molecular weight excluding hydrogens is 315 g/mol. The van der Waals surface area contributed by atoms with E-state index < -0.39 is 23.3 Å². The predicted octanol–water partition coefficient (Wildman–Crippen LogP) is 1.53. The largest absolute Gasteiger partial charge is 0.477 e. The lowest BCUT2D eigenvalue weighted by atomic mass is 10.0. The Morgan fingerprint density at radius 2 is 2.17 bits per heavy atom. The predicted molar refractivity (Wildman–Crippen MR) is 86.4 cm³/mol. The summed E-state index contributed by atoms with van der Waals surface area (Å²) in [5, 5.41) is 19.1. The molecule has 24 heavy (non-hydrogen) atoms. The number of rotatable bonds is 2. The van der Waals surface area contributed by atoms with Crippen molar-refractivity contribution in [3.8, 4) is 0 Å². The first-order chi connectivity index (χ1) is 11.4. The number of benzene rings is 1. The first-order valence-electron chi connectivity index (χ1n) is 7.95. The number of carbonyl (C=O) groups is 1. The average Bonchev–Trinajstić information content (AvgIpc) is 3.06. The maximum absolute atomic E-state index is 14.8. The second-order valence-corrected chi connectivity index (χ2v) is 6.61. The van der Waals surface area contributed by atoms with E-state index in [2.05, 4.69) is 0 Å². The van der Waals surface area contributed by atoms with Crippen molar-refractivity contribution in [1.82, 2.24) is 4.57 Å². The summed E-state index contributed by atoms with van der Waals surface area (Å²) in [6, 6.07) is 1.08. The van der Waals surface area contributed by atoms with E-state index in [4.69, 9.17) is 0 Å².